The SMILES string of the molecule is CC(C)c1cc(-c2cc(=O)n(C)cn2)nc2sc([S+](O)C3CCC3)c(N)c12. The Bertz CT molecular complexity index is 1070. The molecule has 1 atom stereocenters. The number of thiophene rings is 1. The number of rotatable bonds is 4. The lowest BCUT2D eigenvalue weighted by molar-refractivity contribution is 0.487. The van der Waals surface area contributed by atoms with E-state index in [-0.39, 0.29) is 11.5 Å². The summed E-state index contributed by atoms with van der Waals surface area (Å²) in [6, 6.07) is 3.47. The molecule has 4 rings (SSSR count). The summed E-state index contributed by atoms with van der Waals surface area (Å²) in [6.45, 7) is 4.22. The third-order valence-electron chi connectivity index (χ3n) is 5.12. The van der Waals surface area contributed by atoms with E-state index < -0.39 is 11.2 Å². The summed E-state index contributed by atoms with van der Waals surface area (Å²) in [5, 5.41) is 1.25. The van der Waals surface area contributed by atoms with Gasteiger partial charge in [0.25, 0.3) is 9.77 Å². The van der Waals surface area contributed by atoms with E-state index >= 15 is 0 Å². The van der Waals surface area contributed by atoms with Gasteiger partial charge in [0, 0.05) is 18.5 Å². The van der Waals surface area contributed by atoms with Crippen LogP contribution < -0.4 is 11.3 Å². The lowest BCUT2D eigenvalue weighted by Gasteiger charge is -2.20. The Morgan fingerprint density at radius 2 is 2.07 bits per heavy atom. The first-order valence-electron chi connectivity index (χ1n) is 9.05. The van der Waals surface area contributed by atoms with Crippen LogP contribution in [0.4, 0.5) is 5.69 Å². The molecule has 3 aromatic heterocycles. The molecular weight excluding hydrogens is 380 g/mol. The Labute approximate surface area is 164 Å². The molecule has 0 aromatic carbocycles. The molecule has 3 aromatic rings. The van der Waals surface area contributed by atoms with Crippen LogP contribution in [0.25, 0.3) is 21.6 Å². The summed E-state index contributed by atoms with van der Waals surface area (Å²) in [6.07, 6.45) is 4.79. The fraction of sp³-hybridized carbons (Fsp3) is 0.421. The molecular formula is C19H23N4O2S2+. The van der Waals surface area contributed by atoms with Crippen LogP contribution in [-0.2, 0) is 18.2 Å². The molecule has 1 fully saturated rings. The topological polar surface area (TPSA) is 94.0 Å². The fourth-order valence-corrected chi connectivity index (χ4v) is 6.48. The normalized spacial score (nSPS) is 16.0. The number of hydrogen-bond donors (Lipinski definition) is 2. The number of pyridine rings is 1. The van der Waals surface area contributed by atoms with Crippen molar-refractivity contribution in [3.63, 3.8) is 0 Å². The second-order valence-electron chi connectivity index (χ2n) is 7.33. The fourth-order valence-electron chi connectivity index (χ4n) is 3.22. The monoisotopic (exact) mass is 403 g/mol. The first-order chi connectivity index (χ1) is 12.9. The number of fused-ring (bicyclic) bond motifs is 1. The van der Waals surface area contributed by atoms with Gasteiger partial charge in [-0.2, -0.15) is 4.55 Å². The minimum absolute atomic E-state index is 0.124. The van der Waals surface area contributed by atoms with Gasteiger partial charge in [-0.25, -0.2) is 9.97 Å². The van der Waals surface area contributed by atoms with Crippen molar-refractivity contribution in [2.45, 2.75) is 48.5 Å². The number of nitrogens with zero attached hydrogens (tertiary/aromatic N) is 3. The average molecular weight is 404 g/mol. The lowest BCUT2D eigenvalue weighted by atomic mass is 9.99. The molecule has 0 spiro atoms. The van der Waals surface area contributed by atoms with Gasteiger partial charge in [0.05, 0.1) is 17.7 Å². The minimum Gasteiger partial charge on any atom is -0.393 e. The summed E-state index contributed by atoms with van der Waals surface area (Å²) in [5.41, 5.74) is 9.30. The Morgan fingerprint density at radius 1 is 1.33 bits per heavy atom. The molecule has 0 bridgehead atoms. The Hall–Kier alpha value is -1.90. The second-order valence-corrected chi connectivity index (χ2v) is 10.3. The maximum atomic E-state index is 12.0. The van der Waals surface area contributed by atoms with Crippen LogP contribution in [0.5, 0.6) is 0 Å². The third kappa shape index (κ3) is 3.15. The van der Waals surface area contributed by atoms with Gasteiger partial charge >= 0.3 is 0 Å². The highest BCUT2D eigenvalue weighted by Gasteiger charge is 2.41. The summed E-state index contributed by atoms with van der Waals surface area (Å²) in [5.74, 6) is 0.231. The Morgan fingerprint density at radius 3 is 2.67 bits per heavy atom. The Kier molecular flexibility index (Phi) is 4.73. The van der Waals surface area contributed by atoms with Gasteiger partial charge in [-0.1, -0.05) is 25.2 Å². The van der Waals surface area contributed by atoms with Crippen molar-refractivity contribution in [2.75, 3.05) is 5.73 Å². The van der Waals surface area contributed by atoms with Gasteiger partial charge in [-0.05, 0) is 36.8 Å². The predicted octanol–water partition coefficient (Wildman–Crippen LogP) is 3.77. The molecule has 3 N–H and O–H groups in total. The van der Waals surface area contributed by atoms with Crippen molar-refractivity contribution < 1.29 is 4.55 Å². The molecule has 0 aliphatic heterocycles. The quantitative estimate of drug-likeness (QED) is 0.647. The highest BCUT2D eigenvalue weighted by atomic mass is 32.2. The Balaban J connectivity index is 1.90. The molecule has 1 saturated carbocycles. The van der Waals surface area contributed by atoms with Gasteiger partial charge in [0.2, 0.25) is 0 Å². The average Bonchev–Trinajstić information content (AvgIpc) is 2.91. The summed E-state index contributed by atoms with van der Waals surface area (Å²) in [7, 11) is 1.67. The van der Waals surface area contributed by atoms with Crippen LogP contribution in [0.3, 0.4) is 0 Å². The van der Waals surface area contributed by atoms with Gasteiger partial charge in [0.15, 0.2) is 16.4 Å². The van der Waals surface area contributed by atoms with Crippen molar-refractivity contribution in [3.05, 3.63) is 34.4 Å². The molecule has 1 unspecified atom stereocenters. The third-order valence-corrected chi connectivity index (χ3v) is 8.47. The molecule has 8 heteroatoms. The number of hydrogen-bond acceptors (Lipinski definition) is 6. The van der Waals surface area contributed by atoms with Gasteiger partial charge in [0.1, 0.15) is 10.5 Å². The smallest absolute Gasteiger partial charge is 0.269 e. The van der Waals surface area contributed by atoms with Crippen molar-refractivity contribution in [1.29, 1.82) is 0 Å². The van der Waals surface area contributed by atoms with Crippen molar-refractivity contribution in [3.8, 4) is 11.4 Å². The standard InChI is InChI=1S/C19H23N4O2S2/c1-10(2)12-7-14(13-8-15(24)23(3)9-21-13)22-18-16(12)17(20)19(26-18)27(25)11-5-4-6-11/h7-11,25H,4-6,20H2,1-3H3/q+1. The van der Waals surface area contributed by atoms with E-state index in [0.717, 1.165) is 32.8 Å². The van der Waals surface area contributed by atoms with Crippen molar-refractivity contribution in [2.24, 2.45) is 7.05 Å². The van der Waals surface area contributed by atoms with E-state index in [9.17, 15) is 9.35 Å². The molecule has 1 aliphatic rings. The van der Waals surface area contributed by atoms with Crippen LogP contribution in [0.15, 0.2) is 27.5 Å². The summed E-state index contributed by atoms with van der Waals surface area (Å²) < 4.78 is 13.1. The first-order valence-corrected chi connectivity index (χ1v) is 11.1. The van der Waals surface area contributed by atoms with Crippen LogP contribution in [0.2, 0.25) is 0 Å². The zero-order chi connectivity index (χ0) is 19.3. The van der Waals surface area contributed by atoms with Crippen molar-refractivity contribution in [1.82, 2.24) is 14.5 Å². The molecule has 3 heterocycles. The highest BCUT2D eigenvalue weighted by molar-refractivity contribution is 7.94. The van der Waals surface area contributed by atoms with E-state index in [2.05, 4.69) is 18.8 Å². The summed E-state index contributed by atoms with van der Waals surface area (Å²) in [4.78, 5) is 21.9. The maximum absolute atomic E-state index is 12.0. The highest BCUT2D eigenvalue weighted by Crippen LogP contribution is 2.44. The zero-order valence-electron chi connectivity index (χ0n) is 15.6. The number of anilines is 1. The van der Waals surface area contributed by atoms with E-state index in [1.807, 2.05) is 6.07 Å². The number of aryl methyl sites for hydroxylation is 1. The van der Waals surface area contributed by atoms with Crippen LogP contribution in [0, 0.1) is 0 Å². The minimum atomic E-state index is -0.830. The second kappa shape index (κ2) is 6.92. The molecule has 27 heavy (non-hydrogen) atoms. The molecule has 1 aliphatic carbocycles. The molecule has 0 saturated heterocycles. The van der Waals surface area contributed by atoms with E-state index in [0.29, 0.717) is 22.3 Å². The van der Waals surface area contributed by atoms with Crippen LogP contribution in [-0.4, -0.2) is 24.3 Å². The summed E-state index contributed by atoms with van der Waals surface area (Å²) >= 11 is 0.642. The van der Waals surface area contributed by atoms with Crippen LogP contribution >= 0.6 is 11.3 Å². The first kappa shape index (κ1) is 18.5. The predicted molar refractivity (Wildman–Crippen MR) is 112 cm³/mol. The number of nitrogen functional groups attached to an aromatic ring is 1. The lowest BCUT2D eigenvalue weighted by Crippen LogP contribution is -2.28. The molecule has 142 valence electrons. The maximum Gasteiger partial charge on any atom is 0.269 e. The number of aromatic nitrogens is 3. The van der Waals surface area contributed by atoms with Gasteiger partial charge in [-0.3, -0.25) is 4.79 Å². The van der Waals surface area contributed by atoms with E-state index in [1.165, 1.54) is 34.7 Å². The molecule has 0 radical (unpaired) electrons. The molecule has 0 amide bonds. The number of nitrogens with two attached hydrogens (primary N) is 1. The largest absolute Gasteiger partial charge is 0.393 e. The van der Waals surface area contributed by atoms with E-state index in [1.54, 1.807) is 7.05 Å². The van der Waals surface area contributed by atoms with Gasteiger partial charge in [-0.15, -0.1) is 0 Å². The van der Waals surface area contributed by atoms with Crippen molar-refractivity contribution >= 4 is 38.4 Å². The molecule has 6 nitrogen and oxygen atoms in total. The van der Waals surface area contributed by atoms with Crippen LogP contribution in [0.1, 0.15) is 44.6 Å². The zero-order valence-corrected chi connectivity index (χ0v) is 17.2. The van der Waals surface area contributed by atoms with Gasteiger partial charge < -0.3 is 10.3 Å². The van der Waals surface area contributed by atoms with E-state index in [4.69, 9.17) is 10.7 Å².